The van der Waals surface area contributed by atoms with Crippen molar-refractivity contribution in [1.29, 1.82) is 0 Å². The molecule has 0 aliphatic rings. The van der Waals surface area contributed by atoms with Crippen LogP contribution in [-0.2, 0) is 4.79 Å². The molecule has 1 unspecified atom stereocenters. The lowest BCUT2D eigenvalue weighted by atomic mass is 10.3. The van der Waals surface area contributed by atoms with E-state index in [0.29, 0.717) is 23.9 Å². The van der Waals surface area contributed by atoms with E-state index >= 15 is 0 Å². The molecule has 7 nitrogen and oxygen atoms in total. The predicted octanol–water partition coefficient (Wildman–Crippen LogP) is 0.203. The highest BCUT2D eigenvalue weighted by Crippen LogP contribution is 2.28. The molecular formula is C10H17N5O2. The van der Waals surface area contributed by atoms with E-state index in [0.717, 1.165) is 0 Å². The number of ether oxygens (including phenoxy) is 1. The van der Waals surface area contributed by atoms with Crippen molar-refractivity contribution in [2.45, 2.75) is 19.9 Å². The van der Waals surface area contributed by atoms with Gasteiger partial charge in [-0.1, -0.05) is 0 Å². The second-order valence-electron chi connectivity index (χ2n) is 3.40. The van der Waals surface area contributed by atoms with E-state index in [1.54, 1.807) is 6.92 Å². The average molecular weight is 239 g/mol. The molecule has 0 fully saturated rings. The number of carbonyl (C=O) groups excluding carboxylic acids is 1. The number of nitrogens with zero attached hydrogens (tertiary/aromatic N) is 2. The summed E-state index contributed by atoms with van der Waals surface area (Å²) in [7, 11) is 1.51. The first-order valence-corrected chi connectivity index (χ1v) is 5.28. The largest absolute Gasteiger partial charge is 0.490 e. The number of aromatic nitrogens is 2. The van der Waals surface area contributed by atoms with E-state index in [4.69, 9.17) is 10.5 Å². The Labute approximate surface area is 99.8 Å². The maximum Gasteiger partial charge on any atom is 0.239 e. The maximum atomic E-state index is 11.0. The lowest BCUT2D eigenvalue weighted by molar-refractivity contribution is -0.118. The first-order chi connectivity index (χ1) is 8.10. The Morgan fingerprint density at radius 2 is 2.18 bits per heavy atom. The van der Waals surface area contributed by atoms with Crippen LogP contribution in [0.5, 0.6) is 5.75 Å². The van der Waals surface area contributed by atoms with Gasteiger partial charge < -0.3 is 21.1 Å². The number of primary amides is 1. The molecule has 0 aromatic carbocycles. The normalized spacial score (nSPS) is 11.7. The molecule has 1 rings (SSSR count). The fourth-order valence-electron chi connectivity index (χ4n) is 1.24. The SMILES string of the molecule is CCNc1ncnc(NC(C)C(N)=O)c1OC. The van der Waals surface area contributed by atoms with Crippen molar-refractivity contribution in [3.8, 4) is 5.75 Å². The van der Waals surface area contributed by atoms with E-state index in [1.807, 2.05) is 6.92 Å². The van der Waals surface area contributed by atoms with Crippen molar-refractivity contribution in [3.05, 3.63) is 6.33 Å². The summed E-state index contributed by atoms with van der Waals surface area (Å²) in [6.45, 7) is 4.30. The number of hydrogen-bond acceptors (Lipinski definition) is 6. The Morgan fingerprint density at radius 1 is 1.53 bits per heavy atom. The molecule has 1 heterocycles. The van der Waals surface area contributed by atoms with Crippen LogP contribution in [-0.4, -0.2) is 35.6 Å². The zero-order valence-corrected chi connectivity index (χ0v) is 10.2. The molecule has 1 atom stereocenters. The highest BCUT2D eigenvalue weighted by molar-refractivity contribution is 5.83. The van der Waals surface area contributed by atoms with Crippen molar-refractivity contribution >= 4 is 17.5 Å². The maximum absolute atomic E-state index is 11.0. The van der Waals surface area contributed by atoms with Crippen LogP contribution in [0.1, 0.15) is 13.8 Å². The van der Waals surface area contributed by atoms with Gasteiger partial charge in [0.25, 0.3) is 0 Å². The Morgan fingerprint density at radius 3 is 2.71 bits per heavy atom. The summed E-state index contributed by atoms with van der Waals surface area (Å²) < 4.78 is 5.21. The minimum Gasteiger partial charge on any atom is -0.490 e. The molecule has 1 aromatic heterocycles. The van der Waals surface area contributed by atoms with E-state index in [9.17, 15) is 4.79 Å². The Hall–Kier alpha value is -2.05. The van der Waals surface area contributed by atoms with E-state index < -0.39 is 11.9 Å². The van der Waals surface area contributed by atoms with Gasteiger partial charge in [0.1, 0.15) is 12.4 Å². The Bertz CT molecular complexity index is 396. The number of nitrogens with one attached hydrogen (secondary N) is 2. The molecule has 7 heteroatoms. The van der Waals surface area contributed by atoms with Crippen molar-refractivity contribution < 1.29 is 9.53 Å². The second kappa shape index (κ2) is 5.88. The highest BCUT2D eigenvalue weighted by atomic mass is 16.5. The van der Waals surface area contributed by atoms with Crippen LogP contribution in [0.4, 0.5) is 11.6 Å². The quantitative estimate of drug-likeness (QED) is 0.655. The molecule has 0 spiro atoms. The van der Waals surface area contributed by atoms with Gasteiger partial charge in [0.15, 0.2) is 11.6 Å². The monoisotopic (exact) mass is 239 g/mol. The number of nitrogens with two attached hydrogens (primary N) is 1. The van der Waals surface area contributed by atoms with E-state index in [-0.39, 0.29) is 0 Å². The molecule has 17 heavy (non-hydrogen) atoms. The van der Waals surface area contributed by atoms with Gasteiger partial charge in [0.05, 0.1) is 7.11 Å². The summed E-state index contributed by atoms with van der Waals surface area (Å²) in [4.78, 5) is 19.0. The van der Waals surface area contributed by atoms with Crippen molar-refractivity contribution in [2.75, 3.05) is 24.3 Å². The standard InChI is InChI=1S/C10H17N5O2/c1-4-12-9-7(17-3)10(14-5-13-9)15-6(2)8(11)16/h5-6H,4H2,1-3H3,(H2,11,16)(H2,12,13,14,15). The van der Waals surface area contributed by atoms with E-state index in [2.05, 4.69) is 20.6 Å². The number of carbonyl (C=O) groups is 1. The smallest absolute Gasteiger partial charge is 0.239 e. The van der Waals surface area contributed by atoms with Crippen LogP contribution in [0.2, 0.25) is 0 Å². The minimum atomic E-state index is -0.534. The molecule has 1 amide bonds. The van der Waals surface area contributed by atoms with Gasteiger partial charge >= 0.3 is 0 Å². The Kier molecular flexibility index (Phi) is 4.50. The number of rotatable bonds is 6. The van der Waals surface area contributed by atoms with Gasteiger partial charge in [0, 0.05) is 6.54 Å². The topological polar surface area (TPSA) is 102 Å². The van der Waals surface area contributed by atoms with Crippen molar-refractivity contribution in [2.24, 2.45) is 5.73 Å². The molecule has 0 saturated carbocycles. The van der Waals surface area contributed by atoms with E-state index in [1.165, 1.54) is 13.4 Å². The number of hydrogen-bond donors (Lipinski definition) is 3. The molecule has 0 bridgehead atoms. The summed E-state index contributed by atoms with van der Waals surface area (Å²) in [5.74, 6) is 1.01. The molecule has 0 saturated heterocycles. The Balaban J connectivity index is 2.98. The molecule has 0 aliphatic carbocycles. The number of amides is 1. The fraction of sp³-hybridized carbons (Fsp3) is 0.500. The summed E-state index contributed by atoms with van der Waals surface area (Å²) >= 11 is 0. The van der Waals surface area contributed by atoms with Crippen LogP contribution in [0.15, 0.2) is 6.33 Å². The first kappa shape index (κ1) is 13.0. The summed E-state index contributed by atoms with van der Waals surface area (Å²) in [5.41, 5.74) is 5.17. The zero-order chi connectivity index (χ0) is 12.8. The van der Waals surface area contributed by atoms with Gasteiger partial charge in [-0.15, -0.1) is 0 Å². The van der Waals surface area contributed by atoms with Gasteiger partial charge in [-0.05, 0) is 13.8 Å². The summed E-state index contributed by atoms with van der Waals surface area (Å²) in [5, 5.41) is 5.91. The molecule has 94 valence electrons. The lowest BCUT2D eigenvalue weighted by Gasteiger charge is -2.15. The van der Waals surface area contributed by atoms with Gasteiger partial charge in [0.2, 0.25) is 11.7 Å². The molecule has 1 aromatic rings. The van der Waals surface area contributed by atoms with Gasteiger partial charge in [-0.25, -0.2) is 9.97 Å². The third kappa shape index (κ3) is 3.20. The summed E-state index contributed by atoms with van der Waals surface area (Å²) in [6, 6.07) is -0.534. The second-order valence-corrected chi connectivity index (χ2v) is 3.40. The summed E-state index contributed by atoms with van der Waals surface area (Å²) in [6.07, 6.45) is 1.39. The zero-order valence-electron chi connectivity index (χ0n) is 10.2. The third-order valence-corrected chi connectivity index (χ3v) is 2.13. The van der Waals surface area contributed by atoms with Gasteiger partial charge in [-0.2, -0.15) is 0 Å². The van der Waals surface area contributed by atoms with Crippen LogP contribution in [0, 0.1) is 0 Å². The van der Waals surface area contributed by atoms with Crippen LogP contribution in [0.3, 0.4) is 0 Å². The van der Waals surface area contributed by atoms with Gasteiger partial charge in [-0.3, -0.25) is 4.79 Å². The van der Waals surface area contributed by atoms with Crippen molar-refractivity contribution in [3.63, 3.8) is 0 Å². The minimum absolute atomic E-state index is 0.435. The highest BCUT2D eigenvalue weighted by Gasteiger charge is 2.15. The average Bonchev–Trinajstić information content (AvgIpc) is 2.29. The van der Waals surface area contributed by atoms with Crippen molar-refractivity contribution in [1.82, 2.24) is 9.97 Å². The predicted molar refractivity (Wildman–Crippen MR) is 65.0 cm³/mol. The van der Waals surface area contributed by atoms with Crippen LogP contribution >= 0.6 is 0 Å². The molecular weight excluding hydrogens is 222 g/mol. The molecule has 0 aliphatic heterocycles. The number of methoxy groups -OCH3 is 1. The fourth-order valence-corrected chi connectivity index (χ4v) is 1.24. The number of anilines is 2. The lowest BCUT2D eigenvalue weighted by Crippen LogP contribution is -2.33. The van der Waals surface area contributed by atoms with Crippen LogP contribution in [0.25, 0.3) is 0 Å². The first-order valence-electron chi connectivity index (χ1n) is 5.28. The van der Waals surface area contributed by atoms with Crippen LogP contribution < -0.4 is 21.1 Å². The molecule has 4 N–H and O–H groups in total. The molecule has 0 radical (unpaired) electrons. The third-order valence-electron chi connectivity index (χ3n) is 2.13.